The number of nitrogens with two attached hydrogens (primary N) is 1. The number of benzene rings is 1. The first kappa shape index (κ1) is 35.3. The topological polar surface area (TPSA) is 249 Å². The molecule has 6 N–H and O–H groups in total. The van der Waals surface area contributed by atoms with Gasteiger partial charge in [0.1, 0.15) is 5.82 Å². The van der Waals surface area contributed by atoms with Crippen LogP contribution in [0.25, 0.3) is 22.1 Å². The highest BCUT2D eigenvalue weighted by atomic mass is 16.4. The zero-order valence-corrected chi connectivity index (χ0v) is 26.6. The molecule has 0 aliphatic carbocycles. The minimum atomic E-state index is -2.74. The number of aliphatic hydroxyl groups is 1. The maximum atomic E-state index is 13.7. The molecule has 0 unspecified atom stereocenters. The summed E-state index contributed by atoms with van der Waals surface area (Å²) >= 11 is 0. The average molecular weight is 665 g/mol. The summed E-state index contributed by atoms with van der Waals surface area (Å²) in [7, 11) is 1.63. The molecule has 4 aromatic rings. The van der Waals surface area contributed by atoms with Crippen LogP contribution >= 0.6 is 0 Å². The van der Waals surface area contributed by atoms with E-state index >= 15 is 0 Å². The Morgan fingerprint density at radius 3 is 2.31 bits per heavy atom. The second kappa shape index (κ2) is 14.4. The zero-order valence-electron chi connectivity index (χ0n) is 26.6. The number of nitrogens with zero attached hydrogens (tertiary/aromatic N) is 7. The first-order valence-corrected chi connectivity index (χ1v) is 14.9. The first-order chi connectivity index (χ1) is 22.7. The molecule has 254 valence electrons. The van der Waals surface area contributed by atoms with Crippen LogP contribution in [0, 0.1) is 18.8 Å². The molecule has 4 heterocycles. The van der Waals surface area contributed by atoms with E-state index in [1.165, 1.54) is 9.13 Å². The Morgan fingerprint density at radius 1 is 1.04 bits per heavy atom. The molecule has 3 aromatic heterocycles. The van der Waals surface area contributed by atoms with Gasteiger partial charge < -0.3 is 31.1 Å². The summed E-state index contributed by atoms with van der Waals surface area (Å²) in [4.78, 5) is 73.5. The molecule has 5 rings (SSSR count). The van der Waals surface area contributed by atoms with Crippen LogP contribution in [-0.2, 0) is 34.5 Å². The predicted octanol–water partition coefficient (Wildman–Crippen LogP) is -0.101. The van der Waals surface area contributed by atoms with E-state index in [0.717, 1.165) is 36.0 Å². The summed E-state index contributed by atoms with van der Waals surface area (Å²) < 4.78 is 4.39. The van der Waals surface area contributed by atoms with Crippen LogP contribution in [0.15, 0.2) is 33.9 Å². The van der Waals surface area contributed by atoms with Crippen molar-refractivity contribution in [3.8, 4) is 11.8 Å². The van der Waals surface area contributed by atoms with E-state index in [1.807, 2.05) is 31.2 Å². The fourth-order valence-electron chi connectivity index (χ4n) is 5.46. The van der Waals surface area contributed by atoms with Crippen LogP contribution in [0.2, 0.25) is 0 Å². The smallest absolute Gasteiger partial charge is 0.336 e. The lowest BCUT2D eigenvalue weighted by atomic mass is 9.96. The van der Waals surface area contributed by atoms with Gasteiger partial charge in [0.15, 0.2) is 16.8 Å². The standard InChI is InChI=1S/C25H28N8O2.C6H8O7/c1-4-5-13-32-21-22(29-24(32)31-12-8-9-17(26)14-31)30(3)25(35)33(23(21)34)15-20-27-16(2)18-10-6-7-11-19(18)28-20;7-3(8)1-6(13,5(11)12)2-4(9)10/h6-7,10-11,17H,8-9,12-15,26H2,1-3H3;13H,1-2H2,(H,7,8)(H,9,10)(H,11,12)/t17-;/m1./s1. The third-order valence-corrected chi connectivity index (χ3v) is 7.79. The molecule has 1 aromatic carbocycles. The first-order valence-electron chi connectivity index (χ1n) is 14.9. The van der Waals surface area contributed by atoms with Gasteiger partial charge in [-0.3, -0.25) is 28.1 Å². The van der Waals surface area contributed by atoms with E-state index in [4.69, 9.17) is 31.1 Å². The number of carbonyl (C=O) groups is 3. The SMILES string of the molecule is CC#CCn1c(N2CCC[C@@H](N)C2)nc2c1c(=O)n(Cc1nc(C)c3ccccc3n1)c(=O)n2C.O=C(O)CC(O)(CC(=O)O)C(=O)O. The molecule has 17 nitrogen and oxygen atoms in total. The van der Waals surface area contributed by atoms with Crippen molar-refractivity contribution >= 4 is 45.9 Å². The lowest BCUT2D eigenvalue weighted by Crippen LogP contribution is -2.44. The number of aliphatic carboxylic acids is 3. The number of imidazole rings is 1. The number of aromatic nitrogens is 6. The molecule has 0 amide bonds. The van der Waals surface area contributed by atoms with Crippen molar-refractivity contribution in [2.24, 2.45) is 12.8 Å². The molecule has 48 heavy (non-hydrogen) atoms. The molecular weight excluding hydrogens is 628 g/mol. The number of anilines is 1. The molecule has 17 heteroatoms. The highest BCUT2D eigenvalue weighted by molar-refractivity contribution is 5.88. The number of carboxylic acids is 3. The lowest BCUT2D eigenvalue weighted by molar-refractivity contribution is -0.170. The summed E-state index contributed by atoms with van der Waals surface area (Å²) in [5, 5.41) is 34.7. The van der Waals surface area contributed by atoms with Gasteiger partial charge in [-0.2, -0.15) is 4.98 Å². The summed E-state index contributed by atoms with van der Waals surface area (Å²) in [6, 6.07) is 7.71. The van der Waals surface area contributed by atoms with Crippen LogP contribution in [-0.4, -0.2) is 91.7 Å². The minimum Gasteiger partial charge on any atom is -0.481 e. The number of piperidine rings is 1. The van der Waals surface area contributed by atoms with Crippen LogP contribution in [0.4, 0.5) is 5.95 Å². The van der Waals surface area contributed by atoms with Crippen molar-refractivity contribution in [2.45, 2.75) is 64.3 Å². The Labute approximate surface area is 272 Å². The van der Waals surface area contributed by atoms with Gasteiger partial charge in [-0.05, 0) is 32.8 Å². The van der Waals surface area contributed by atoms with Crippen LogP contribution in [0.3, 0.4) is 0 Å². The lowest BCUT2D eigenvalue weighted by Gasteiger charge is -2.31. The molecule has 0 bridgehead atoms. The maximum Gasteiger partial charge on any atom is 0.336 e. The monoisotopic (exact) mass is 664 g/mol. The van der Waals surface area contributed by atoms with Crippen molar-refractivity contribution in [2.75, 3.05) is 18.0 Å². The second-order valence-electron chi connectivity index (χ2n) is 11.4. The summed E-state index contributed by atoms with van der Waals surface area (Å²) in [6.07, 6.45) is -0.406. The maximum absolute atomic E-state index is 13.7. The Kier molecular flexibility index (Phi) is 10.6. The Morgan fingerprint density at radius 2 is 1.71 bits per heavy atom. The van der Waals surface area contributed by atoms with E-state index in [0.29, 0.717) is 29.5 Å². The Hall–Kier alpha value is -5.60. The Bertz CT molecular complexity index is 2060. The largest absolute Gasteiger partial charge is 0.481 e. The average Bonchev–Trinajstić information content (AvgIpc) is 3.40. The zero-order chi connectivity index (χ0) is 35.3. The number of aryl methyl sites for hydroxylation is 2. The second-order valence-corrected chi connectivity index (χ2v) is 11.4. The molecule has 1 atom stereocenters. The van der Waals surface area contributed by atoms with Gasteiger partial charge in [-0.25, -0.2) is 19.6 Å². The van der Waals surface area contributed by atoms with Gasteiger partial charge in [-0.15, -0.1) is 5.92 Å². The molecule has 1 aliphatic rings. The third-order valence-electron chi connectivity index (χ3n) is 7.79. The molecule has 0 spiro atoms. The van der Waals surface area contributed by atoms with Gasteiger partial charge >= 0.3 is 23.6 Å². The number of hydrogen-bond donors (Lipinski definition) is 5. The van der Waals surface area contributed by atoms with Crippen molar-refractivity contribution in [3.05, 3.63) is 56.6 Å². The number of para-hydroxylation sites is 1. The third kappa shape index (κ3) is 7.51. The number of fused-ring (bicyclic) bond motifs is 2. The number of rotatable bonds is 9. The molecule has 0 saturated carbocycles. The summed E-state index contributed by atoms with van der Waals surface area (Å²) in [5.74, 6) is 1.94. The highest BCUT2D eigenvalue weighted by Crippen LogP contribution is 2.23. The van der Waals surface area contributed by atoms with Crippen LogP contribution in [0.5, 0.6) is 0 Å². The van der Waals surface area contributed by atoms with E-state index in [1.54, 1.807) is 18.5 Å². The van der Waals surface area contributed by atoms with E-state index in [2.05, 4.69) is 26.7 Å². The quantitative estimate of drug-likeness (QED) is 0.147. The van der Waals surface area contributed by atoms with Gasteiger partial charge in [0.25, 0.3) is 5.56 Å². The normalized spacial score (nSPS) is 14.6. The van der Waals surface area contributed by atoms with Crippen molar-refractivity contribution in [1.29, 1.82) is 0 Å². The number of hydrogen-bond acceptors (Lipinski definition) is 11. The van der Waals surface area contributed by atoms with Gasteiger partial charge in [0.05, 0.1) is 31.4 Å². The summed E-state index contributed by atoms with van der Waals surface area (Å²) in [6.45, 7) is 5.31. The minimum absolute atomic E-state index is 0.0306. The fraction of sp³-hybridized carbons (Fsp3) is 0.419. The Balaban J connectivity index is 0.000000341. The predicted molar refractivity (Wildman–Crippen MR) is 173 cm³/mol. The molecule has 0 radical (unpaired) electrons. The van der Waals surface area contributed by atoms with E-state index in [9.17, 15) is 24.0 Å². The molecular formula is C31H36N8O9. The highest BCUT2D eigenvalue weighted by Gasteiger charge is 2.40. The molecule has 1 aliphatic heterocycles. The van der Waals surface area contributed by atoms with Crippen molar-refractivity contribution in [1.82, 2.24) is 28.7 Å². The van der Waals surface area contributed by atoms with Gasteiger partial charge in [0, 0.05) is 37.3 Å². The van der Waals surface area contributed by atoms with Crippen LogP contribution < -0.4 is 21.9 Å². The van der Waals surface area contributed by atoms with Gasteiger partial charge in [-0.1, -0.05) is 24.1 Å². The van der Waals surface area contributed by atoms with Gasteiger partial charge in [0.2, 0.25) is 5.95 Å². The fourth-order valence-corrected chi connectivity index (χ4v) is 5.46. The van der Waals surface area contributed by atoms with Crippen molar-refractivity contribution in [3.63, 3.8) is 0 Å². The van der Waals surface area contributed by atoms with E-state index in [-0.39, 0.29) is 19.1 Å². The summed E-state index contributed by atoms with van der Waals surface area (Å²) in [5.41, 5.74) is 4.80. The molecule has 1 fully saturated rings. The van der Waals surface area contributed by atoms with E-state index < -0.39 is 47.6 Å². The molecule has 1 saturated heterocycles. The van der Waals surface area contributed by atoms with Crippen molar-refractivity contribution < 1.29 is 34.8 Å². The van der Waals surface area contributed by atoms with Crippen LogP contribution in [0.1, 0.15) is 44.1 Å². The number of carboxylic acid groups (broad SMARTS) is 3.